The van der Waals surface area contributed by atoms with E-state index >= 15 is 0 Å². The summed E-state index contributed by atoms with van der Waals surface area (Å²) in [5, 5.41) is 7.09. The molecule has 0 bridgehead atoms. The Bertz CT molecular complexity index is 1300. The van der Waals surface area contributed by atoms with E-state index in [0.29, 0.717) is 22.8 Å². The molecule has 2 heterocycles. The van der Waals surface area contributed by atoms with Crippen molar-refractivity contribution < 1.29 is 13.6 Å². The van der Waals surface area contributed by atoms with Gasteiger partial charge in [0.25, 0.3) is 5.56 Å². The number of hydrogen-bond acceptors (Lipinski definition) is 4. The third-order valence-corrected chi connectivity index (χ3v) is 4.62. The summed E-state index contributed by atoms with van der Waals surface area (Å²) in [5.74, 6) is -0.769. The number of aromatic nitrogens is 4. The van der Waals surface area contributed by atoms with Crippen LogP contribution < -0.4 is 10.9 Å². The van der Waals surface area contributed by atoms with Crippen molar-refractivity contribution in [2.24, 2.45) is 0 Å². The minimum absolute atomic E-state index is 0.0105. The van der Waals surface area contributed by atoms with Crippen LogP contribution in [0.1, 0.15) is 12.2 Å². The molecule has 7 nitrogen and oxygen atoms in total. The van der Waals surface area contributed by atoms with Crippen LogP contribution in [0.3, 0.4) is 0 Å². The van der Waals surface area contributed by atoms with E-state index in [1.165, 1.54) is 45.8 Å². The van der Waals surface area contributed by atoms with Crippen molar-refractivity contribution in [3.05, 3.63) is 82.5 Å². The number of nitrogens with zero attached hydrogens (tertiary/aromatic N) is 4. The van der Waals surface area contributed by atoms with E-state index in [1.54, 1.807) is 25.1 Å². The predicted molar refractivity (Wildman–Crippen MR) is 107 cm³/mol. The molecule has 4 rings (SSSR count). The van der Waals surface area contributed by atoms with E-state index in [4.69, 9.17) is 0 Å². The van der Waals surface area contributed by atoms with Gasteiger partial charge in [-0.2, -0.15) is 5.10 Å². The first kappa shape index (κ1) is 19.4. The molecular weight excluding hydrogens is 392 g/mol. The van der Waals surface area contributed by atoms with E-state index in [0.717, 1.165) is 0 Å². The number of carbonyl (C=O) groups excluding carboxylic acids is 1. The molecule has 2 aromatic carbocycles. The number of hydrogen-bond donors (Lipinski definition) is 1. The first-order chi connectivity index (χ1) is 14.4. The highest BCUT2D eigenvalue weighted by Crippen LogP contribution is 2.15. The summed E-state index contributed by atoms with van der Waals surface area (Å²) in [4.78, 5) is 29.5. The van der Waals surface area contributed by atoms with Gasteiger partial charge in [-0.1, -0.05) is 6.07 Å². The molecule has 0 radical (unpaired) electrons. The maximum atomic E-state index is 13.2. The number of rotatable bonds is 5. The van der Waals surface area contributed by atoms with Gasteiger partial charge < -0.3 is 5.32 Å². The van der Waals surface area contributed by atoms with Crippen molar-refractivity contribution in [3.63, 3.8) is 0 Å². The van der Waals surface area contributed by atoms with Gasteiger partial charge in [-0.25, -0.2) is 18.4 Å². The Balaban J connectivity index is 1.57. The molecule has 0 aliphatic carbocycles. The SMILES string of the molecule is Cc1nc2c(cnn2-c2ccc(F)cc2)c(=O)n1CCC(=O)Nc1cccc(F)c1. The molecule has 1 N–H and O–H groups in total. The average molecular weight is 409 g/mol. The number of benzene rings is 2. The zero-order valence-corrected chi connectivity index (χ0v) is 16.0. The lowest BCUT2D eigenvalue weighted by molar-refractivity contribution is -0.116. The van der Waals surface area contributed by atoms with Crippen LogP contribution in [0.25, 0.3) is 16.7 Å². The molecule has 0 atom stereocenters. The second-order valence-electron chi connectivity index (χ2n) is 6.69. The lowest BCUT2D eigenvalue weighted by Crippen LogP contribution is -2.26. The quantitative estimate of drug-likeness (QED) is 0.549. The number of nitrogens with one attached hydrogen (secondary N) is 1. The summed E-state index contributed by atoms with van der Waals surface area (Å²) in [6, 6.07) is 11.3. The topological polar surface area (TPSA) is 81.8 Å². The van der Waals surface area contributed by atoms with Crippen molar-refractivity contribution in [1.82, 2.24) is 19.3 Å². The Morgan fingerprint density at radius 2 is 1.87 bits per heavy atom. The lowest BCUT2D eigenvalue weighted by Gasteiger charge is -2.11. The van der Waals surface area contributed by atoms with E-state index in [9.17, 15) is 18.4 Å². The van der Waals surface area contributed by atoms with E-state index in [-0.39, 0.29) is 35.6 Å². The number of fused-ring (bicyclic) bond motifs is 1. The number of aryl methyl sites for hydroxylation is 1. The average Bonchev–Trinajstić information content (AvgIpc) is 3.12. The molecule has 4 aromatic rings. The monoisotopic (exact) mass is 409 g/mol. The van der Waals surface area contributed by atoms with Gasteiger partial charge in [-0.15, -0.1) is 0 Å². The summed E-state index contributed by atoms with van der Waals surface area (Å²) in [5.41, 5.74) is 0.942. The van der Waals surface area contributed by atoms with Crippen molar-refractivity contribution in [2.75, 3.05) is 5.32 Å². The smallest absolute Gasteiger partial charge is 0.264 e. The van der Waals surface area contributed by atoms with Crippen LogP contribution >= 0.6 is 0 Å². The molecule has 0 saturated heterocycles. The standard InChI is InChI=1S/C21H17F2N5O2/c1-13-25-20-18(12-24-28(20)17-7-5-14(22)6-8-17)21(30)27(13)10-9-19(29)26-16-4-2-3-15(23)11-16/h2-8,11-12H,9-10H2,1H3,(H,26,29). The van der Waals surface area contributed by atoms with E-state index in [1.807, 2.05) is 0 Å². The molecule has 0 spiro atoms. The first-order valence-electron chi connectivity index (χ1n) is 9.19. The third kappa shape index (κ3) is 3.82. The fourth-order valence-electron chi connectivity index (χ4n) is 3.14. The Hall–Kier alpha value is -3.88. The maximum absolute atomic E-state index is 13.2. The Morgan fingerprint density at radius 1 is 1.10 bits per heavy atom. The molecule has 0 saturated carbocycles. The zero-order chi connectivity index (χ0) is 21.3. The van der Waals surface area contributed by atoms with Gasteiger partial charge in [-0.05, 0) is 49.4 Å². The van der Waals surface area contributed by atoms with Crippen LogP contribution in [0, 0.1) is 18.6 Å². The van der Waals surface area contributed by atoms with Crippen LogP contribution in [0.15, 0.2) is 59.5 Å². The first-order valence-corrected chi connectivity index (χ1v) is 9.19. The van der Waals surface area contributed by atoms with Crippen LogP contribution in [0.4, 0.5) is 14.5 Å². The van der Waals surface area contributed by atoms with Gasteiger partial charge in [0.1, 0.15) is 22.8 Å². The Morgan fingerprint density at radius 3 is 2.60 bits per heavy atom. The van der Waals surface area contributed by atoms with Crippen LogP contribution in [0.2, 0.25) is 0 Å². The number of anilines is 1. The third-order valence-electron chi connectivity index (χ3n) is 4.62. The van der Waals surface area contributed by atoms with Crippen molar-refractivity contribution in [3.8, 4) is 5.69 Å². The molecule has 0 unspecified atom stereocenters. The fourth-order valence-corrected chi connectivity index (χ4v) is 3.14. The summed E-state index contributed by atoms with van der Waals surface area (Å²) in [6.45, 7) is 1.77. The Labute approximate surface area is 169 Å². The van der Waals surface area contributed by atoms with Gasteiger partial charge in [0.05, 0.1) is 11.9 Å². The molecule has 0 fully saturated rings. The second-order valence-corrected chi connectivity index (χ2v) is 6.69. The largest absolute Gasteiger partial charge is 0.326 e. The van der Waals surface area contributed by atoms with Gasteiger partial charge in [0.15, 0.2) is 5.65 Å². The minimum Gasteiger partial charge on any atom is -0.326 e. The van der Waals surface area contributed by atoms with Gasteiger partial charge in [-0.3, -0.25) is 14.2 Å². The zero-order valence-electron chi connectivity index (χ0n) is 16.0. The number of halogens is 2. The summed E-state index contributed by atoms with van der Waals surface area (Å²) in [6.07, 6.45) is 1.41. The van der Waals surface area contributed by atoms with E-state index < -0.39 is 5.82 Å². The normalized spacial score (nSPS) is 11.0. The van der Waals surface area contributed by atoms with Crippen molar-refractivity contribution in [2.45, 2.75) is 19.9 Å². The van der Waals surface area contributed by atoms with Crippen LogP contribution in [0.5, 0.6) is 0 Å². The summed E-state index contributed by atoms with van der Waals surface area (Å²) in [7, 11) is 0. The Kier molecular flexibility index (Phi) is 5.09. The molecular formula is C21H17F2N5O2. The maximum Gasteiger partial charge on any atom is 0.264 e. The highest BCUT2D eigenvalue weighted by Gasteiger charge is 2.15. The molecule has 1 amide bonds. The predicted octanol–water partition coefficient (Wildman–Crippen LogP) is 3.20. The fraction of sp³-hybridized carbons (Fsp3) is 0.143. The van der Waals surface area contributed by atoms with Crippen LogP contribution in [-0.4, -0.2) is 25.2 Å². The minimum atomic E-state index is -0.451. The number of carbonyl (C=O) groups is 1. The van der Waals surface area contributed by atoms with Crippen molar-refractivity contribution >= 4 is 22.6 Å². The molecule has 0 aliphatic heterocycles. The van der Waals surface area contributed by atoms with Gasteiger partial charge in [0, 0.05) is 18.7 Å². The van der Waals surface area contributed by atoms with Gasteiger partial charge in [0.2, 0.25) is 5.91 Å². The number of amides is 1. The van der Waals surface area contributed by atoms with Crippen molar-refractivity contribution in [1.29, 1.82) is 0 Å². The molecule has 0 aliphatic rings. The molecule has 152 valence electrons. The summed E-state index contributed by atoms with van der Waals surface area (Å²) >= 11 is 0. The molecule has 2 aromatic heterocycles. The lowest BCUT2D eigenvalue weighted by atomic mass is 10.3. The molecule has 30 heavy (non-hydrogen) atoms. The van der Waals surface area contributed by atoms with E-state index in [2.05, 4.69) is 15.4 Å². The molecule has 9 heteroatoms. The highest BCUT2D eigenvalue weighted by molar-refractivity contribution is 5.90. The van der Waals surface area contributed by atoms with Gasteiger partial charge >= 0.3 is 0 Å². The van der Waals surface area contributed by atoms with Crippen LogP contribution in [-0.2, 0) is 11.3 Å². The summed E-state index contributed by atoms with van der Waals surface area (Å²) < 4.78 is 29.3. The second kappa shape index (κ2) is 7.86. The highest BCUT2D eigenvalue weighted by atomic mass is 19.1.